The molecular weight excluding hydrogens is 555 g/mol. The predicted octanol–water partition coefficient (Wildman–Crippen LogP) is 8.85. The Hall–Kier alpha value is -0.213. The molecule has 7 nitrogen and oxygen atoms in total. The lowest BCUT2D eigenvalue weighted by atomic mass is 9.44. The number of phosphoric ester groups is 1. The van der Waals surface area contributed by atoms with Gasteiger partial charge in [0.2, 0.25) is 0 Å². The van der Waals surface area contributed by atoms with Crippen LogP contribution in [-0.4, -0.2) is 45.6 Å². The average molecular weight is 613 g/mol. The smallest absolute Gasteiger partial charge is 0.413 e. The van der Waals surface area contributed by atoms with Gasteiger partial charge in [0, 0.05) is 12.3 Å². The minimum Gasteiger partial charge on any atom is -0.413 e. The van der Waals surface area contributed by atoms with E-state index < -0.39 is 21.9 Å². The lowest BCUT2D eigenvalue weighted by Crippen LogP contribution is -2.62. The maximum Gasteiger partial charge on any atom is 0.529 e. The largest absolute Gasteiger partial charge is 0.529 e. The Morgan fingerprint density at radius 2 is 1.54 bits per heavy atom. The summed E-state index contributed by atoms with van der Waals surface area (Å²) in [6, 6.07) is 0. The molecular formula is C32H57O7PSi. The van der Waals surface area contributed by atoms with E-state index in [-0.39, 0.29) is 47.2 Å². The van der Waals surface area contributed by atoms with Crippen LogP contribution in [0.4, 0.5) is 0 Å². The molecule has 3 unspecified atom stereocenters. The Morgan fingerprint density at radius 3 is 2.15 bits per heavy atom. The first-order valence-corrected chi connectivity index (χ1v) is 20.6. The molecule has 9 atom stereocenters. The van der Waals surface area contributed by atoms with Crippen LogP contribution in [0.2, 0.25) is 18.1 Å². The van der Waals surface area contributed by atoms with Gasteiger partial charge in [-0.25, -0.2) is 4.57 Å². The van der Waals surface area contributed by atoms with Gasteiger partial charge in [-0.05, 0) is 113 Å². The second-order valence-corrected chi connectivity index (χ2v) is 22.2. The molecule has 236 valence electrons. The summed E-state index contributed by atoms with van der Waals surface area (Å²) in [7, 11) is -5.54. The van der Waals surface area contributed by atoms with Crippen molar-refractivity contribution in [3.05, 3.63) is 11.8 Å². The second kappa shape index (κ2) is 10.7. The molecule has 9 heteroatoms. The number of hydrogen-bond acceptors (Lipinski definition) is 7. The Kier molecular flexibility index (Phi) is 8.40. The zero-order valence-electron chi connectivity index (χ0n) is 27.6. The summed E-state index contributed by atoms with van der Waals surface area (Å²) in [6.45, 7) is 25.1. The Morgan fingerprint density at radius 1 is 0.927 bits per heavy atom. The molecule has 5 aliphatic rings. The Bertz CT molecular complexity index is 1060. The van der Waals surface area contributed by atoms with Crippen molar-refractivity contribution in [1.82, 2.24) is 0 Å². The van der Waals surface area contributed by atoms with Crippen molar-refractivity contribution >= 4 is 16.1 Å². The third-order valence-electron chi connectivity index (χ3n) is 12.1. The van der Waals surface area contributed by atoms with E-state index in [9.17, 15) is 4.57 Å². The summed E-state index contributed by atoms with van der Waals surface area (Å²) in [4.78, 5) is 0. The van der Waals surface area contributed by atoms with Gasteiger partial charge in [-0.15, -0.1) is 0 Å². The highest BCUT2D eigenvalue weighted by Crippen LogP contribution is 2.69. The van der Waals surface area contributed by atoms with Gasteiger partial charge in [-0.3, -0.25) is 9.05 Å². The van der Waals surface area contributed by atoms with Crippen molar-refractivity contribution in [2.75, 3.05) is 13.2 Å². The number of rotatable bonds is 8. The molecule has 0 amide bonds. The molecule has 0 aromatic carbocycles. The van der Waals surface area contributed by atoms with Crippen LogP contribution in [-0.2, 0) is 32.0 Å². The van der Waals surface area contributed by atoms with Gasteiger partial charge in [-0.1, -0.05) is 34.6 Å². The van der Waals surface area contributed by atoms with Gasteiger partial charge < -0.3 is 18.4 Å². The monoisotopic (exact) mass is 612 g/mol. The SMILES string of the molecule is CCOP(=O)(OCC)OC1=C[C@@H]2[C@H]3OC(C)(C)O[C@@H]3C3C4CC[C@H](O[Si](C)(C)C(C)(C)C)[C@@]4(C)CCC3[C@@]2(C)CC1. The standard InChI is InChI=1S/C32H57O7PSi/c1-12-34-40(33,35-13-2)38-21-16-18-31(8)23-17-19-32(9)22(14-15-25(32)39-41(10,11)29(3,4)5)26(23)28-27(24(31)20-21)36-30(6,7)37-28/h20,22-28H,12-19H2,1-11H3/t22?,23?,24-,25+,26?,27-,28-,31-,32+/m1/s1. The van der Waals surface area contributed by atoms with Crippen LogP contribution in [0, 0.1) is 34.5 Å². The first-order valence-electron chi connectivity index (χ1n) is 16.2. The molecule has 0 aromatic heterocycles. The lowest BCUT2D eigenvalue weighted by molar-refractivity contribution is -0.171. The van der Waals surface area contributed by atoms with Crippen LogP contribution in [0.3, 0.4) is 0 Å². The third-order valence-corrected chi connectivity index (χ3v) is 18.2. The van der Waals surface area contributed by atoms with E-state index in [0.717, 1.165) is 19.3 Å². The quantitative estimate of drug-likeness (QED) is 0.200. The molecule has 0 spiro atoms. The first-order chi connectivity index (χ1) is 18.9. The van der Waals surface area contributed by atoms with Crippen LogP contribution in [0.5, 0.6) is 0 Å². The fourth-order valence-electron chi connectivity index (χ4n) is 9.05. The predicted molar refractivity (Wildman–Crippen MR) is 164 cm³/mol. The van der Waals surface area contributed by atoms with Crippen molar-refractivity contribution in [2.24, 2.45) is 34.5 Å². The maximum atomic E-state index is 13.3. The van der Waals surface area contributed by atoms with E-state index in [1.807, 2.05) is 0 Å². The van der Waals surface area contributed by atoms with Gasteiger partial charge in [0.05, 0.1) is 31.5 Å². The number of allylic oxidation sites excluding steroid dienone is 1. The van der Waals surface area contributed by atoms with Crippen molar-refractivity contribution in [2.45, 2.75) is 143 Å². The van der Waals surface area contributed by atoms with Gasteiger partial charge in [0.1, 0.15) is 5.76 Å². The van der Waals surface area contributed by atoms with Gasteiger partial charge in [0.15, 0.2) is 14.1 Å². The average Bonchev–Trinajstić information content (AvgIpc) is 3.34. The highest BCUT2D eigenvalue weighted by Gasteiger charge is 2.68. The summed E-state index contributed by atoms with van der Waals surface area (Å²) >= 11 is 0. The minimum absolute atomic E-state index is 0.0190. The number of ether oxygens (including phenoxy) is 2. The number of hydrogen-bond donors (Lipinski definition) is 0. The molecule has 0 radical (unpaired) electrons. The number of phosphoric acid groups is 1. The Balaban J connectivity index is 1.47. The van der Waals surface area contributed by atoms with Crippen LogP contribution in [0.15, 0.2) is 11.8 Å². The normalized spacial score (nSPS) is 42.1. The fourth-order valence-corrected chi connectivity index (χ4v) is 11.8. The van der Waals surface area contributed by atoms with E-state index in [0.29, 0.717) is 29.6 Å². The fraction of sp³-hybridized carbons (Fsp3) is 0.938. The molecule has 5 rings (SSSR count). The van der Waals surface area contributed by atoms with E-state index in [1.54, 1.807) is 13.8 Å². The molecule has 1 aliphatic heterocycles. The maximum absolute atomic E-state index is 13.3. The van der Waals surface area contributed by atoms with E-state index >= 15 is 0 Å². The zero-order valence-corrected chi connectivity index (χ0v) is 29.5. The zero-order chi connectivity index (χ0) is 30.2. The summed E-state index contributed by atoms with van der Waals surface area (Å²) in [5, 5.41) is 0.199. The van der Waals surface area contributed by atoms with E-state index in [1.165, 1.54) is 19.3 Å². The highest BCUT2D eigenvalue weighted by atomic mass is 31.2. The van der Waals surface area contributed by atoms with Gasteiger partial charge in [0.25, 0.3) is 0 Å². The summed E-state index contributed by atoms with van der Waals surface area (Å²) in [6.07, 6.45) is 8.84. The van der Waals surface area contributed by atoms with Crippen LogP contribution in [0.1, 0.15) is 101 Å². The van der Waals surface area contributed by atoms with Crippen LogP contribution < -0.4 is 0 Å². The first kappa shape index (κ1) is 32.2. The van der Waals surface area contributed by atoms with E-state index in [2.05, 4.69) is 67.6 Å². The summed E-state index contributed by atoms with van der Waals surface area (Å²) < 4.78 is 51.0. The van der Waals surface area contributed by atoms with Crippen molar-refractivity contribution in [1.29, 1.82) is 0 Å². The topological polar surface area (TPSA) is 72.5 Å². The van der Waals surface area contributed by atoms with Crippen molar-refractivity contribution < 1.29 is 32.0 Å². The van der Waals surface area contributed by atoms with Gasteiger partial charge >= 0.3 is 7.82 Å². The molecule has 1 heterocycles. The van der Waals surface area contributed by atoms with Crippen LogP contribution in [0.25, 0.3) is 0 Å². The lowest BCUT2D eigenvalue weighted by Gasteiger charge is -2.62. The van der Waals surface area contributed by atoms with Crippen molar-refractivity contribution in [3.63, 3.8) is 0 Å². The second-order valence-electron chi connectivity index (χ2n) is 15.9. The molecule has 1 saturated heterocycles. The molecule has 0 N–H and O–H groups in total. The number of fused-ring (bicyclic) bond motifs is 8. The third kappa shape index (κ3) is 5.48. The Labute approximate surface area is 250 Å². The molecule has 41 heavy (non-hydrogen) atoms. The molecule has 3 saturated carbocycles. The molecule has 4 aliphatic carbocycles. The minimum atomic E-state index is -3.65. The highest BCUT2D eigenvalue weighted by molar-refractivity contribution is 7.48. The van der Waals surface area contributed by atoms with E-state index in [4.69, 9.17) is 27.5 Å². The van der Waals surface area contributed by atoms with Crippen molar-refractivity contribution in [3.8, 4) is 0 Å². The van der Waals surface area contributed by atoms with Gasteiger partial charge in [-0.2, -0.15) is 0 Å². The summed E-state index contributed by atoms with van der Waals surface area (Å²) in [5.74, 6) is 1.68. The van der Waals surface area contributed by atoms with Crippen LogP contribution >= 0.6 is 7.82 Å². The molecule has 4 fully saturated rings. The summed E-state index contributed by atoms with van der Waals surface area (Å²) in [5.41, 5.74) is 0.199. The molecule has 0 bridgehead atoms. The molecule has 0 aromatic rings.